The van der Waals surface area contributed by atoms with Gasteiger partial charge in [-0.05, 0) is 12.3 Å². The minimum absolute atomic E-state index is 0.0571. The predicted octanol–water partition coefficient (Wildman–Crippen LogP) is 1.58. The molecule has 0 aromatic rings. The van der Waals surface area contributed by atoms with E-state index in [9.17, 15) is 4.79 Å². The molecule has 0 bridgehead atoms. The molecule has 0 spiro atoms. The minimum atomic E-state index is -0.0571. The molecule has 0 rings (SSSR count). The number of rotatable bonds is 6. The molecule has 1 atom stereocenters. The molecule has 1 amide bonds. The van der Waals surface area contributed by atoms with Crippen LogP contribution in [0.25, 0.3) is 0 Å². The van der Waals surface area contributed by atoms with Crippen LogP contribution in [0.15, 0.2) is 0 Å². The van der Waals surface area contributed by atoms with Crippen molar-refractivity contribution in [3.05, 3.63) is 0 Å². The fourth-order valence-electron chi connectivity index (χ4n) is 1.15. The van der Waals surface area contributed by atoms with Crippen LogP contribution in [0.5, 0.6) is 0 Å². The number of carbonyl (C=O) groups is 1. The van der Waals surface area contributed by atoms with Crippen LogP contribution in [0.2, 0.25) is 0 Å². The topological polar surface area (TPSA) is 55.1 Å². The zero-order chi connectivity index (χ0) is 9.40. The highest BCUT2D eigenvalue weighted by molar-refractivity contribution is 5.75. The Labute approximate surface area is 74.7 Å². The third kappa shape index (κ3) is 6.16. The molecular weight excluding hydrogens is 152 g/mol. The highest BCUT2D eigenvalue weighted by Crippen LogP contribution is 2.13. The first kappa shape index (κ1) is 11.4. The molecule has 0 saturated carbocycles. The first-order chi connectivity index (χ1) is 5.70. The summed E-state index contributed by atoms with van der Waals surface area (Å²) in [5.74, 6) is 5.54. The van der Waals surface area contributed by atoms with Gasteiger partial charge in [-0.25, -0.2) is 5.84 Å². The van der Waals surface area contributed by atoms with Crippen molar-refractivity contribution in [2.24, 2.45) is 11.8 Å². The van der Waals surface area contributed by atoms with Crippen molar-refractivity contribution in [3.63, 3.8) is 0 Å². The van der Waals surface area contributed by atoms with Crippen molar-refractivity contribution < 1.29 is 4.79 Å². The van der Waals surface area contributed by atoms with E-state index in [1.54, 1.807) is 0 Å². The van der Waals surface area contributed by atoms with Crippen molar-refractivity contribution in [1.29, 1.82) is 0 Å². The summed E-state index contributed by atoms with van der Waals surface area (Å²) in [7, 11) is 0. The largest absolute Gasteiger partial charge is 0.294 e. The van der Waals surface area contributed by atoms with Crippen LogP contribution < -0.4 is 11.3 Å². The third-order valence-electron chi connectivity index (χ3n) is 2.08. The molecule has 0 aliphatic rings. The third-order valence-corrected chi connectivity index (χ3v) is 2.08. The van der Waals surface area contributed by atoms with Crippen molar-refractivity contribution in [2.45, 2.75) is 46.0 Å². The van der Waals surface area contributed by atoms with Gasteiger partial charge in [0.05, 0.1) is 0 Å². The highest BCUT2D eigenvalue weighted by Gasteiger charge is 2.04. The molecule has 0 aromatic heterocycles. The first-order valence-electron chi connectivity index (χ1n) is 4.70. The van der Waals surface area contributed by atoms with Gasteiger partial charge in [0.2, 0.25) is 5.91 Å². The Balaban J connectivity index is 3.30. The second-order valence-corrected chi connectivity index (χ2v) is 3.35. The van der Waals surface area contributed by atoms with Crippen LogP contribution >= 0.6 is 0 Å². The average molecular weight is 172 g/mol. The number of carbonyl (C=O) groups excluding carboxylic acids is 1. The molecule has 0 aromatic carbocycles. The molecular formula is C9H20N2O. The summed E-state index contributed by atoms with van der Waals surface area (Å²) >= 11 is 0. The lowest BCUT2D eigenvalue weighted by Gasteiger charge is -2.08. The zero-order valence-electron chi connectivity index (χ0n) is 8.10. The second-order valence-electron chi connectivity index (χ2n) is 3.35. The van der Waals surface area contributed by atoms with Gasteiger partial charge in [0.25, 0.3) is 0 Å². The SMILES string of the molecule is CCCCC(C)CCC(=O)NN. The number of hydrogen-bond acceptors (Lipinski definition) is 2. The van der Waals surface area contributed by atoms with Crippen molar-refractivity contribution >= 4 is 5.91 Å². The number of hydrazine groups is 1. The number of nitrogens with one attached hydrogen (secondary N) is 1. The number of nitrogens with two attached hydrogens (primary N) is 1. The molecule has 0 heterocycles. The number of amides is 1. The van der Waals surface area contributed by atoms with Crippen molar-refractivity contribution in [3.8, 4) is 0 Å². The van der Waals surface area contributed by atoms with Crippen LogP contribution in [0.1, 0.15) is 46.0 Å². The zero-order valence-corrected chi connectivity index (χ0v) is 8.10. The normalized spacial score (nSPS) is 12.6. The van der Waals surface area contributed by atoms with E-state index >= 15 is 0 Å². The lowest BCUT2D eigenvalue weighted by atomic mass is 9.99. The molecule has 0 aliphatic carbocycles. The summed E-state index contributed by atoms with van der Waals surface area (Å²) in [6.45, 7) is 4.36. The molecule has 1 unspecified atom stereocenters. The molecule has 12 heavy (non-hydrogen) atoms. The van der Waals surface area contributed by atoms with Gasteiger partial charge in [-0.15, -0.1) is 0 Å². The van der Waals surface area contributed by atoms with Gasteiger partial charge in [-0.2, -0.15) is 0 Å². The molecule has 3 heteroatoms. The van der Waals surface area contributed by atoms with E-state index < -0.39 is 0 Å². The van der Waals surface area contributed by atoms with E-state index in [0.717, 1.165) is 6.42 Å². The fourth-order valence-corrected chi connectivity index (χ4v) is 1.15. The quantitative estimate of drug-likeness (QED) is 0.363. The summed E-state index contributed by atoms with van der Waals surface area (Å²) in [5.41, 5.74) is 2.14. The molecule has 3 N–H and O–H groups in total. The molecule has 0 saturated heterocycles. The van der Waals surface area contributed by atoms with Crippen molar-refractivity contribution in [2.75, 3.05) is 0 Å². The van der Waals surface area contributed by atoms with Gasteiger partial charge in [-0.3, -0.25) is 10.2 Å². The maximum atomic E-state index is 10.8. The first-order valence-corrected chi connectivity index (χ1v) is 4.70. The highest BCUT2D eigenvalue weighted by atomic mass is 16.2. The molecule has 3 nitrogen and oxygen atoms in total. The van der Waals surface area contributed by atoms with E-state index in [-0.39, 0.29) is 5.91 Å². The van der Waals surface area contributed by atoms with E-state index in [1.165, 1.54) is 19.3 Å². The Hall–Kier alpha value is -0.570. The van der Waals surface area contributed by atoms with Gasteiger partial charge in [-0.1, -0.05) is 33.1 Å². The molecule has 0 radical (unpaired) electrons. The summed E-state index contributed by atoms with van der Waals surface area (Å²) < 4.78 is 0. The Morgan fingerprint density at radius 1 is 1.50 bits per heavy atom. The Morgan fingerprint density at radius 2 is 2.17 bits per heavy atom. The lowest BCUT2D eigenvalue weighted by molar-refractivity contribution is -0.121. The van der Waals surface area contributed by atoms with E-state index in [2.05, 4.69) is 19.3 Å². The van der Waals surface area contributed by atoms with Crippen LogP contribution in [0.3, 0.4) is 0 Å². The molecule has 72 valence electrons. The van der Waals surface area contributed by atoms with E-state index in [0.29, 0.717) is 12.3 Å². The number of hydrogen-bond donors (Lipinski definition) is 2. The summed E-state index contributed by atoms with van der Waals surface area (Å²) in [6.07, 6.45) is 5.21. The van der Waals surface area contributed by atoms with Crippen LogP contribution in [0.4, 0.5) is 0 Å². The molecule has 0 aliphatic heterocycles. The monoisotopic (exact) mass is 172 g/mol. The van der Waals surface area contributed by atoms with Gasteiger partial charge in [0.15, 0.2) is 0 Å². The maximum Gasteiger partial charge on any atom is 0.233 e. The Bertz CT molecular complexity index is 126. The van der Waals surface area contributed by atoms with Gasteiger partial charge in [0.1, 0.15) is 0 Å². The molecule has 0 fully saturated rings. The van der Waals surface area contributed by atoms with E-state index in [1.807, 2.05) is 0 Å². The average Bonchev–Trinajstić information content (AvgIpc) is 2.10. The summed E-state index contributed by atoms with van der Waals surface area (Å²) in [5, 5.41) is 0. The lowest BCUT2D eigenvalue weighted by Crippen LogP contribution is -2.30. The summed E-state index contributed by atoms with van der Waals surface area (Å²) in [4.78, 5) is 10.8. The predicted molar refractivity (Wildman–Crippen MR) is 50.3 cm³/mol. The van der Waals surface area contributed by atoms with Crippen molar-refractivity contribution in [1.82, 2.24) is 5.43 Å². The number of unbranched alkanes of at least 4 members (excludes halogenated alkanes) is 1. The second kappa shape index (κ2) is 7.10. The smallest absolute Gasteiger partial charge is 0.233 e. The van der Waals surface area contributed by atoms with E-state index in [4.69, 9.17) is 5.84 Å². The summed E-state index contributed by atoms with van der Waals surface area (Å²) in [6, 6.07) is 0. The van der Waals surface area contributed by atoms with Gasteiger partial charge >= 0.3 is 0 Å². The Kier molecular flexibility index (Phi) is 6.76. The van der Waals surface area contributed by atoms with Gasteiger partial charge < -0.3 is 0 Å². The Morgan fingerprint density at radius 3 is 2.67 bits per heavy atom. The van der Waals surface area contributed by atoms with Crippen LogP contribution in [-0.4, -0.2) is 5.91 Å². The van der Waals surface area contributed by atoms with Crippen LogP contribution in [0, 0.1) is 5.92 Å². The van der Waals surface area contributed by atoms with Gasteiger partial charge in [0, 0.05) is 6.42 Å². The maximum absolute atomic E-state index is 10.8. The minimum Gasteiger partial charge on any atom is -0.294 e. The van der Waals surface area contributed by atoms with Crippen LogP contribution in [-0.2, 0) is 4.79 Å². The standard InChI is InChI=1S/C9H20N2O/c1-3-4-5-8(2)6-7-9(12)11-10/h8H,3-7,10H2,1-2H3,(H,11,12). The fraction of sp³-hybridized carbons (Fsp3) is 0.889.